The van der Waals surface area contributed by atoms with E-state index in [0.29, 0.717) is 5.57 Å². The van der Waals surface area contributed by atoms with Crippen molar-refractivity contribution in [3.8, 4) is 0 Å². The average Bonchev–Trinajstić information content (AvgIpc) is 2.68. The zero-order valence-corrected chi connectivity index (χ0v) is 13.4. The molecule has 0 aliphatic heterocycles. The normalized spacial score (nSPS) is 20.8. The molecule has 1 unspecified atom stereocenters. The van der Waals surface area contributed by atoms with Gasteiger partial charge in [-0.1, -0.05) is 30.8 Å². The first kappa shape index (κ1) is 16.8. The van der Waals surface area contributed by atoms with Crippen LogP contribution in [0.5, 0.6) is 0 Å². The quantitative estimate of drug-likeness (QED) is 0.375. The van der Waals surface area contributed by atoms with Crippen molar-refractivity contribution in [1.29, 1.82) is 0 Å². The van der Waals surface area contributed by atoms with Crippen LogP contribution in [0.3, 0.4) is 0 Å². The van der Waals surface area contributed by atoms with Gasteiger partial charge < -0.3 is 9.84 Å². The lowest BCUT2D eigenvalue weighted by Crippen LogP contribution is -2.33. The number of esters is 1. The second-order valence-corrected chi connectivity index (χ2v) is 6.21. The van der Waals surface area contributed by atoms with E-state index in [-0.39, 0.29) is 12.6 Å². The van der Waals surface area contributed by atoms with Gasteiger partial charge in [0.2, 0.25) is 0 Å². The number of hydrogen-bond acceptors (Lipinski definition) is 3. The number of carbonyl (C=O) groups is 1. The number of ether oxygens (including phenoxy) is 1. The Labute approximate surface area is 133 Å². The number of unbranched alkanes of at least 4 members (excludes halogenated alkanes) is 1. The molecule has 3 heteroatoms. The van der Waals surface area contributed by atoms with Gasteiger partial charge in [-0.25, -0.2) is 4.79 Å². The second kappa shape index (κ2) is 7.59. The van der Waals surface area contributed by atoms with Crippen molar-refractivity contribution < 1.29 is 14.6 Å². The molecule has 1 N–H and O–H groups in total. The molecule has 0 radical (unpaired) electrons. The van der Waals surface area contributed by atoms with Crippen LogP contribution in [0, 0.1) is 0 Å². The van der Waals surface area contributed by atoms with Crippen LogP contribution in [-0.4, -0.2) is 17.7 Å². The molecule has 1 aliphatic carbocycles. The summed E-state index contributed by atoms with van der Waals surface area (Å²) in [6.07, 6.45) is 6.35. The molecule has 0 aromatic heterocycles. The highest BCUT2D eigenvalue weighted by molar-refractivity contribution is 5.87. The minimum atomic E-state index is -0.571. The maximum atomic E-state index is 12.2. The number of aryl methyl sites for hydroxylation is 1. The maximum absolute atomic E-state index is 12.2. The zero-order chi connectivity index (χ0) is 16.0. The first-order valence-corrected chi connectivity index (χ1v) is 8.17. The summed E-state index contributed by atoms with van der Waals surface area (Å²) in [6, 6.07) is 8.28. The van der Waals surface area contributed by atoms with Crippen molar-refractivity contribution in [2.24, 2.45) is 0 Å². The maximum Gasteiger partial charge on any atom is 0.333 e. The summed E-state index contributed by atoms with van der Waals surface area (Å²) in [4.78, 5) is 12.2. The number of rotatable bonds is 6. The number of aliphatic hydroxyl groups excluding tert-OH is 1. The van der Waals surface area contributed by atoms with E-state index in [1.807, 2.05) is 12.1 Å². The van der Waals surface area contributed by atoms with E-state index in [1.54, 1.807) is 6.92 Å². The Morgan fingerprint density at radius 1 is 1.32 bits per heavy atom. The molecule has 1 aromatic rings. The Morgan fingerprint density at radius 2 is 2.09 bits per heavy atom. The summed E-state index contributed by atoms with van der Waals surface area (Å²) in [5, 5.41) is 9.08. The van der Waals surface area contributed by atoms with Crippen LogP contribution in [-0.2, 0) is 21.6 Å². The van der Waals surface area contributed by atoms with Gasteiger partial charge in [0, 0.05) is 12.2 Å². The third-order valence-corrected chi connectivity index (χ3v) is 4.41. The van der Waals surface area contributed by atoms with Gasteiger partial charge in [-0.2, -0.15) is 0 Å². The minimum Gasteiger partial charge on any atom is -0.451 e. The molecule has 0 amide bonds. The van der Waals surface area contributed by atoms with E-state index >= 15 is 0 Å². The second-order valence-electron chi connectivity index (χ2n) is 6.21. The lowest BCUT2D eigenvalue weighted by atomic mass is 9.83. The van der Waals surface area contributed by atoms with Crippen molar-refractivity contribution in [3.63, 3.8) is 0 Å². The summed E-state index contributed by atoms with van der Waals surface area (Å²) in [6.45, 7) is 5.57. The molecule has 0 saturated heterocycles. The topological polar surface area (TPSA) is 46.5 Å². The molecule has 0 spiro atoms. The molecule has 2 rings (SSSR count). The fourth-order valence-electron chi connectivity index (χ4n) is 3.25. The summed E-state index contributed by atoms with van der Waals surface area (Å²) >= 11 is 0. The predicted molar refractivity (Wildman–Crippen MR) is 87.5 cm³/mol. The van der Waals surface area contributed by atoms with Crippen molar-refractivity contribution >= 4 is 5.97 Å². The standard InChI is InChI=1S/C19H26O3/c1-15(2)18(21)22-19(13-7-8-14-20)12-6-5-10-16-9-3-4-11-17(16)19/h3-4,9,11,20H,1,5-8,10,12-14H2,2H3. The van der Waals surface area contributed by atoms with Gasteiger partial charge in [-0.15, -0.1) is 0 Å². The van der Waals surface area contributed by atoms with Gasteiger partial charge in [0.1, 0.15) is 5.60 Å². The van der Waals surface area contributed by atoms with Crippen LogP contribution in [0.25, 0.3) is 0 Å². The van der Waals surface area contributed by atoms with Gasteiger partial charge in [0.25, 0.3) is 0 Å². The van der Waals surface area contributed by atoms with Crippen molar-refractivity contribution in [2.45, 2.75) is 57.5 Å². The van der Waals surface area contributed by atoms with Gasteiger partial charge in [0.15, 0.2) is 0 Å². The molecule has 0 heterocycles. The molecule has 120 valence electrons. The van der Waals surface area contributed by atoms with Crippen LogP contribution in [0.4, 0.5) is 0 Å². The van der Waals surface area contributed by atoms with Gasteiger partial charge in [-0.3, -0.25) is 0 Å². The molecule has 1 atom stereocenters. The lowest BCUT2D eigenvalue weighted by Gasteiger charge is -2.34. The van der Waals surface area contributed by atoms with E-state index in [1.165, 1.54) is 5.56 Å². The Morgan fingerprint density at radius 3 is 2.82 bits per heavy atom. The summed E-state index contributed by atoms with van der Waals surface area (Å²) < 4.78 is 5.97. The monoisotopic (exact) mass is 302 g/mol. The predicted octanol–water partition coefficient (Wildman–Crippen LogP) is 3.89. The van der Waals surface area contributed by atoms with Gasteiger partial charge in [0.05, 0.1) is 0 Å². The fraction of sp³-hybridized carbons (Fsp3) is 0.526. The highest BCUT2D eigenvalue weighted by atomic mass is 16.6. The van der Waals surface area contributed by atoms with Crippen LogP contribution in [0.15, 0.2) is 36.4 Å². The Kier molecular flexibility index (Phi) is 5.78. The fourth-order valence-corrected chi connectivity index (χ4v) is 3.25. The van der Waals surface area contributed by atoms with Crippen LogP contribution in [0.2, 0.25) is 0 Å². The molecular formula is C19H26O3. The van der Waals surface area contributed by atoms with E-state index in [9.17, 15) is 4.79 Å². The third kappa shape index (κ3) is 3.77. The summed E-state index contributed by atoms with van der Waals surface area (Å²) in [7, 11) is 0. The summed E-state index contributed by atoms with van der Waals surface area (Å²) in [5.74, 6) is -0.319. The molecular weight excluding hydrogens is 276 g/mol. The van der Waals surface area contributed by atoms with Gasteiger partial charge in [-0.05, 0) is 63.0 Å². The first-order chi connectivity index (χ1) is 10.6. The largest absolute Gasteiger partial charge is 0.451 e. The average molecular weight is 302 g/mol. The SMILES string of the molecule is C=C(C)C(=O)OC1(CCCCO)CCCCc2ccccc21. The van der Waals surface area contributed by atoms with Gasteiger partial charge >= 0.3 is 5.97 Å². The van der Waals surface area contributed by atoms with E-state index in [2.05, 4.69) is 18.7 Å². The minimum absolute atomic E-state index is 0.173. The zero-order valence-electron chi connectivity index (χ0n) is 13.4. The number of fused-ring (bicyclic) bond motifs is 1. The van der Waals surface area contributed by atoms with Crippen LogP contribution < -0.4 is 0 Å². The lowest BCUT2D eigenvalue weighted by molar-refractivity contribution is -0.158. The molecule has 22 heavy (non-hydrogen) atoms. The Bertz CT molecular complexity index is 535. The first-order valence-electron chi connectivity index (χ1n) is 8.17. The van der Waals surface area contributed by atoms with Crippen molar-refractivity contribution in [2.75, 3.05) is 6.61 Å². The summed E-state index contributed by atoms with van der Waals surface area (Å²) in [5.41, 5.74) is 2.28. The van der Waals surface area contributed by atoms with Crippen LogP contribution in [0.1, 0.15) is 56.6 Å². The Balaban J connectivity index is 2.37. The van der Waals surface area contributed by atoms with E-state index in [4.69, 9.17) is 9.84 Å². The third-order valence-electron chi connectivity index (χ3n) is 4.41. The van der Waals surface area contributed by atoms with E-state index in [0.717, 1.165) is 50.5 Å². The number of carbonyl (C=O) groups excluding carboxylic acids is 1. The molecule has 0 bridgehead atoms. The molecule has 1 aliphatic rings. The smallest absolute Gasteiger partial charge is 0.333 e. The highest BCUT2D eigenvalue weighted by Gasteiger charge is 2.38. The molecule has 0 saturated carbocycles. The van der Waals surface area contributed by atoms with E-state index < -0.39 is 5.60 Å². The van der Waals surface area contributed by atoms with Crippen LogP contribution >= 0.6 is 0 Å². The molecule has 1 aromatic carbocycles. The highest BCUT2D eigenvalue weighted by Crippen LogP contribution is 2.41. The molecule has 3 nitrogen and oxygen atoms in total. The van der Waals surface area contributed by atoms with Crippen molar-refractivity contribution in [3.05, 3.63) is 47.5 Å². The number of benzene rings is 1. The number of hydrogen-bond donors (Lipinski definition) is 1. The Hall–Kier alpha value is -1.61. The van der Waals surface area contributed by atoms with Crippen molar-refractivity contribution in [1.82, 2.24) is 0 Å². The number of aliphatic hydroxyl groups is 1. The molecule has 0 fully saturated rings.